The SMILES string of the molecule is CCCCCCCCP(CCCCCCCC)CCCCCCCC.CN.Cl. The van der Waals surface area contributed by atoms with Gasteiger partial charge >= 0.3 is 0 Å². The molecule has 174 valence electrons. The van der Waals surface area contributed by atoms with Crippen LogP contribution in [0.3, 0.4) is 0 Å². The van der Waals surface area contributed by atoms with Crippen LogP contribution in [0.1, 0.15) is 136 Å². The Hall–Kier alpha value is 0.680. The predicted molar refractivity (Wildman–Crippen MR) is 139 cm³/mol. The molecular weight excluding hydrogens is 381 g/mol. The zero-order valence-corrected chi connectivity index (χ0v) is 22.0. The van der Waals surface area contributed by atoms with Crippen molar-refractivity contribution in [3.05, 3.63) is 0 Å². The Bertz CT molecular complexity index is 201. The fraction of sp³-hybridized carbons (Fsp3) is 1.00. The van der Waals surface area contributed by atoms with Crippen molar-refractivity contribution in [3.63, 3.8) is 0 Å². The fourth-order valence-electron chi connectivity index (χ4n) is 3.68. The molecule has 0 saturated carbocycles. The van der Waals surface area contributed by atoms with E-state index in [1.54, 1.807) is 18.5 Å². The molecule has 28 heavy (non-hydrogen) atoms. The van der Waals surface area contributed by atoms with Gasteiger partial charge in [0, 0.05) is 0 Å². The molecule has 0 aliphatic carbocycles. The van der Waals surface area contributed by atoms with Gasteiger partial charge in [0.2, 0.25) is 0 Å². The number of rotatable bonds is 21. The smallest absolute Gasteiger partial charge is 0.0195 e. The maximum absolute atomic E-state index is 4.50. The average molecular weight is 438 g/mol. The van der Waals surface area contributed by atoms with Crippen molar-refractivity contribution in [2.75, 3.05) is 25.5 Å². The van der Waals surface area contributed by atoms with E-state index in [1.165, 1.54) is 123 Å². The second-order valence-electron chi connectivity index (χ2n) is 8.14. The topological polar surface area (TPSA) is 26.0 Å². The number of nitrogens with two attached hydrogens (primary N) is 1. The molecule has 0 aliphatic rings. The Labute approximate surface area is 187 Å². The summed E-state index contributed by atoms with van der Waals surface area (Å²) >= 11 is 0. The van der Waals surface area contributed by atoms with E-state index < -0.39 is 0 Å². The van der Waals surface area contributed by atoms with Crippen LogP contribution >= 0.6 is 20.3 Å². The van der Waals surface area contributed by atoms with Crippen LogP contribution in [0.4, 0.5) is 0 Å². The van der Waals surface area contributed by atoms with E-state index in [1.807, 2.05) is 0 Å². The lowest BCUT2D eigenvalue weighted by molar-refractivity contribution is 0.617. The van der Waals surface area contributed by atoms with Crippen molar-refractivity contribution in [1.29, 1.82) is 0 Å². The van der Waals surface area contributed by atoms with Gasteiger partial charge in [-0.1, -0.05) is 117 Å². The van der Waals surface area contributed by atoms with E-state index in [0.29, 0.717) is 7.92 Å². The number of unbranched alkanes of at least 4 members (excludes halogenated alkanes) is 15. The van der Waals surface area contributed by atoms with E-state index in [9.17, 15) is 0 Å². The summed E-state index contributed by atoms with van der Waals surface area (Å²) in [6.45, 7) is 6.96. The molecule has 0 bridgehead atoms. The third-order valence-corrected chi connectivity index (χ3v) is 8.33. The quantitative estimate of drug-likeness (QED) is 0.140. The first-order valence-corrected chi connectivity index (χ1v) is 14.5. The molecule has 0 fully saturated rings. The molecule has 2 N–H and O–H groups in total. The Morgan fingerprint density at radius 3 is 0.857 bits per heavy atom. The fourth-order valence-corrected chi connectivity index (χ4v) is 6.37. The van der Waals surface area contributed by atoms with Gasteiger partial charge in [-0.2, -0.15) is 0 Å². The standard InChI is InChI=1S/C24H51P.CH5N.ClH/c1-4-7-10-13-16-19-22-25(23-20-17-14-11-8-5-2)24-21-18-15-12-9-6-3;1-2;/h4-24H2,1-3H3;2H2,1H3;1H. The molecule has 0 atom stereocenters. The normalized spacial score (nSPS) is 10.5. The van der Waals surface area contributed by atoms with Gasteiger partial charge in [-0.15, -0.1) is 20.3 Å². The molecule has 0 spiro atoms. The average Bonchev–Trinajstić information content (AvgIpc) is 2.70. The zero-order chi connectivity index (χ0) is 20.4. The summed E-state index contributed by atoms with van der Waals surface area (Å²) in [5.74, 6) is 0. The van der Waals surface area contributed by atoms with Crippen LogP contribution in [-0.2, 0) is 0 Å². The second-order valence-corrected chi connectivity index (χ2v) is 10.8. The van der Waals surface area contributed by atoms with Crippen molar-refractivity contribution in [2.24, 2.45) is 5.73 Å². The highest BCUT2D eigenvalue weighted by Crippen LogP contribution is 2.39. The summed E-state index contributed by atoms with van der Waals surface area (Å²) in [6.07, 6.45) is 31.2. The van der Waals surface area contributed by atoms with Gasteiger partial charge in [0.25, 0.3) is 0 Å². The van der Waals surface area contributed by atoms with Gasteiger partial charge in [0.1, 0.15) is 0 Å². The summed E-state index contributed by atoms with van der Waals surface area (Å²) in [6, 6.07) is 0. The Kier molecular flexibility index (Phi) is 38.5. The third kappa shape index (κ3) is 28.9. The molecule has 0 aromatic rings. The van der Waals surface area contributed by atoms with E-state index in [-0.39, 0.29) is 12.4 Å². The van der Waals surface area contributed by atoms with Crippen LogP contribution in [0.2, 0.25) is 0 Å². The van der Waals surface area contributed by atoms with E-state index in [0.717, 1.165) is 0 Å². The molecule has 0 aromatic carbocycles. The predicted octanol–water partition coefficient (Wildman–Crippen LogP) is 9.55. The third-order valence-electron chi connectivity index (χ3n) is 5.48. The Morgan fingerprint density at radius 2 is 0.607 bits per heavy atom. The Morgan fingerprint density at radius 1 is 0.393 bits per heavy atom. The number of hydrogen-bond donors (Lipinski definition) is 1. The van der Waals surface area contributed by atoms with Crippen LogP contribution in [0, 0.1) is 0 Å². The maximum atomic E-state index is 4.50. The molecule has 0 aliphatic heterocycles. The lowest BCUT2D eigenvalue weighted by Gasteiger charge is -2.18. The highest BCUT2D eigenvalue weighted by atomic mass is 35.5. The van der Waals surface area contributed by atoms with Crippen molar-refractivity contribution in [1.82, 2.24) is 0 Å². The van der Waals surface area contributed by atoms with Crippen LogP contribution in [-0.4, -0.2) is 25.5 Å². The molecule has 0 amide bonds. The van der Waals surface area contributed by atoms with Gasteiger partial charge in [0.15, 0.2) is 0 Å². The van der Waals surface area contributed by atoms with Crippen LogP contribution < -0.4 is 5.73 Å². The minimum absolute atomic E-state index is 0. The minimum Gasteiger partial charge on any atom is -0.333 e. The molecule has 1 nitrogen and oxygen atoms in total. The summed E-state index contributed by atoms with van der Waals surface area (Å²) in [7, 11) is 1.87. The van der Waals surface area contributed by atoms with E-state index >= 15 is 0 Å². The first kappa shape index (κ1) is 33.3. The molecule has 0 unspecified atom stereocenters. The van der Waals surface area contributed by atoms with Crippen LogP contribution in [0.5, 0.6) is 0 Å². The largest absolute Gasteiger partial charge is 0.333 e. The van der Waals surface area contributed by atoms with Crippen molar-refractivity contribution in [3.8, 4) is 0 Å². The zero-order valence-electron chi connectivity index (χ0n) is 20.3. The maximum Gasteiger partial charge on any atom is -0.0195 e. The van der Waals surface area contributed by atoms with Gasteiger partial charge < -0.3 is 5.73 Å². The van der Waals surface area contributed by atoms with E-state index in [4.69, 9.17) is 0 Å². The number of halogens is 1. The lowest BCUT2D eigenvalue weighted by atomic mass is 10.1. The molecule has 0 heterocycles. The highest BCUT2D eigenvalue weighted by Gasteiger charge is 2.07. The van der Waals surface area contributed by atoms with Crippen molar-refractivity contribution >= 4 is 20.3 Å². The molecule has 0 radical (unpaired) electrons. The summed E-state index contributed by atoms with van der Waals surface area (Å²) in [4.78, 5) is 0. The second kappa shape index (κ2) is 32.3. The minimum atomic E-state index is 0. The van der Waals surface area contributed by atoms with Crippen molar-refractivity contribution in [2.45, 2.75) is 136 Å². The molecule has 0 aromatic heterocycles. The van der Waals surface area contributed by atoms with Gasteiger partial charge in [0.05, 0.1) is 0 Å². The first-order valence-electron chi connectivity index (χ1n) is 12.6. The summed E-state index contributed by atoms with van der Waals surface area (Å²) in [5, 5.41) is 0. The molecule has 3 heteroatoms. The first-order chi connectivity index (χ1) is 13.3. The van der Waals surface area contributed by atoms with Gasteiger partial charge in [-0.3, -0.25) is 0 Å². The lowest BCUT2D eigenvalue weighted by Crippen LogP contribution is -1.97. The highest BCUT2D eigenvalue weighted by molar-refractivity contribution is 7.57. The number of hydrogen-bond acceptors (Lipinski definition) is 1. The van der Waals surface area contributed by atoms with Crippen LogP contribution in [0.25, 0.3) is 0 Å². The summed E-state index contributed by atoms with van der Waals surface area (Å²) in [5.41, 5.74) is 4.50. The van der Waals surface area contributed by atoms with E-state index in [2.05, 4.69) is 26.5 Å². The Balaban J connectivity index is -0.00000201. The van der Waals surface area contributed by atoms with Crippen molar-refractivity contribution < 1.29 is 0 Å². The molecule has 0 saturated heterocycles. The van der Waals surface area contributed by atoms with Gasteiger partial charge in [-0.25, -0.2) is 0 Å². The van der Waals surface area contributed by atoms with Gasteiger partial charge in [-0.05, 0) is 44.8 Å². The molecule has 0 rings (SSSR count). The van der Waals surface area contributed by atoms with Crippen LogP contribution in [0.15, 0.2) is 0 Å². The monoisotopic (exact) mass is 437 g/mol. The molecular formula is C25H57ClNP. The summed E-state index contributed by atoms with van der Waals surface area (Å²) < 4.78 is 0.